The monoisotopic (exact) mass is 396 g/mol. The number of halogens is 4. The van der Waals surface area contributed by atoms with Crippen molar-refractivity contribution in [1.82, 2.24) is 4.98 Å². The minimum atomic E-state index is -4.54. The molecule has 0 fully saturated rings. The van der Waals surface area contributed by atoms with Crippen molar-refractivity contribution in [3.8, 4) is 0 Å². The van der Waals surface area contributed by atoms with Gasteiger partial charge < -0.3 is 15.4 Å². The van der Waals surface area contributed by atoms with Crippen molar-refractivity contribution in [2.24, 2.45) is 0 Å². The fourth-order valence-corrected chi connectivity index (χ4v) is 2.90. The van der Waals surface area contributed by atoms with Gasteiger partial charge in [0.15, 0.2) is 0 Å². The molecule has 2 aromatic carbocycles. The van der Waals surface area contributed by atoms with Crippen LogP contribution in [-0.4, -0.2) is 22.0 Å². The number of H-pyrrole nitrogens is 1. The van der Waals surface area contributed by atoms with Gasteiger partial charge in [-0.05, 0) is 36.4 Å². The average molecular weight is 397 g/mol. The largest absolute Gasteiger partial charge is 0.477 e. The van der Waals surface area contributed by atoms with Gasteiger partial charge in [-0.25, -0.2) is 4.79 Å². The second kappa shape index (κ2) is 6.96. The van der Waals surface area contributed by atoms with Gasteiger partial charge in [0.25, 0.3) is 0 Å². The topological polar surface area (TPSA) is 82.2 Å². The Balaban J connectivity index is 1.89. The molecule has 5 nitrogen and oxygen atoms in total. The van der Waals surface area contributed by atoms with Crippen molar-refractivity contribution in [1.29, 1.82) is 0 Å². The number of aromatic carboxylic acids is 1. The first-order chi connectivity index (χ1) is 12.6. The molecule has 1 amide bonds. The maximum Gasteiger partial charge on any atom is 0.416 e. The van der Waals surface area contributed by atoms with Gasteiger partial charge in [-0.1, -0.05) is 17.7 Å². The highest BCUT2D eigenvalue weighted by Crippen LogP contribution is 2.31. The van der Waals surface area contributed by atoms with Crippen molar-refractivity contribution in [2.45, 2.75) is 12.6 Å². The first-order valence-corrected chi connectivity index (χ1v) is 8.03. The molecule has 1 aromatic heterocycles. The molecule has 140 valence electrons. The summed E-state index contributed by atoms with van der Waals surface area (Å²) in [5.41, 5.74) is -0.426. The minimum absolute atomic E-state index is 0.0374. The third-order valence-electron chi connectivity index (χ3n) is 3.89. The van der Waals surface area contributed by atoms with E-state index in [1.165, 1.54) is 18.2 Å². The summed E-state index contributed by atoms with van der Waals surface area (Å²) in [6.07, 6.45) is -4.89. The van der Waals surface area contributed by atoms with E-state index in [2.05, 4.69) is 10.3 Å². The Labute approximate surface area is 155 Å². The van der Waals surface area contributed by atoms with E-state index in [-0.39, 0.29) is 23.4 Å². The number of hydrogen-bond donors (Lipinski definition) is 3. The van der Waals surface area contributed by atoms with Crippen LogP contribution in [0.4, 0.5) is 18.9 Å². The number of nitrogens with one attached hydrogen (secondary N) is 2. The van der Waals surface area contributed by atoms with Crippen molar-refractivity contribution in [3.05, 3.63) is 64.3 Å². The van der Waals surface area contributed by atoms with Gasteiger partial charge >= 0.3 is 12.1 Å². The Hall–Kier alpha value is -3.00. The summed E-state index contributed by atoms with van der Waals surface area (Å²) >= 11 is 5.94. The molecule has 0 aliphatic rings. The summed E-state index contributed by atoms with van der Waals surface area (Å²) in [5.74, 6) is -1.91. The number of carbonyl (C=O) groups excluding carboxylic acids is 1. The van der Waals surface area contributed by atoms with Crippen molar-refractivity contribution in [3.63, 3.8) is 0 Å². The smallest absolute Gasteiger partial charge is 0.416 e. The number of carboxylic acids is 1. The van der Waals surface area contributed by atoms with Gasteiger partial charge in [-0.15, -0.1) is 0 Å². The first kappa shape index (κ1) is 18.8. The molecule has 3 aromatic rings. The normalized spacial score (nSPS) is 11.6. The van der Waals surface area contributed by atoms with E-state index < -0.39 is 23.6 Å². The molecule has 0 bridgehead atoms. The number of aromatic amines is 1. The summed E-state index contributed by atoms with van der Waals surface area (Å²) in [6.45, 7) is 0. The molecule has 1 heterocycles. The Bertz CT molecular complexity index is 1040. The molecule has 27 heavy (non-hydrogen) atoms. The number of aromatic nitrogens is 1. The van der Waals surface area contributed by atoms with Crippen LogP contribution in [0.15, 0.2) is 42.5 Å². The molecule has 3 N–H and O–H groups in total. The molecular weight excluding hydrogens is 385 g/mol. The van der Waals surface area contributed by atoms with Crippen LogP contribution < -0.4 is 5.32 Å². The van der Waals surface area contributed by atoms with E-state index in [4.69, 9.17) is 11.6 Å². The number of rotatable bonds is 4. The third kappa shape index (κ3) is 4.06. The molecular formula is C18H12ClF3N2O3. The summed E-state index contributed by atoms with van der Waals surface area (Å²) in [4.78, 5) is 26.5. The molecule has 0 atom stereocenters. The second-order valence-electron chi connectivity index (χ2n) is 5.78. The predicted molar refractivity (Wildman–Crippen MR) is 94.0 cm³/mol. The molecule has 0 unspecified atom stereocenters. The number of carbonyl (C=O) groups is 2. The lowest BCUT2D eigenvalue weighted by Crippen LogP contribution is -2.16. The van der Waals surface area contributed by atoms with E-state index in [0.717, 1.165) is 12.1 Å². The van der Waals surface area contributed by atoms with E-state index in [1.54, 1.807) is 12.1 Å². The Morgan fingerprint density at radius 2 is 1.89 bits per heavy atom. The lowest BCUT2D eigenvalue weighted by molar-refractivity contribution is -0.137. The van der Waals surface area contributed by atoms with Crippen LogP contribution in [-0.2, 0) is 17.4 Å². The van der Waals surface area contributed by atoms with E-state index in [1.807, 2.05) is 0 Å². The first-order valence-electron chi connectivity index (χ1n) is 7.65. The lowest BCUT2D eigenvalue weighted by Gasteiger charge is -2.10. The summed E-state index contributed by atoms with van der Waals surface area (Å²) < 4.78 is 38.3. The van der Waals surface area contributed by atoms with Crippen molar-refractivity contribution >= 4 is 40.1 Å². The van der Waals surface area contributed by atoms with Gasteiger partial charge in [0.05, 0.1) is 12.0 Å². The number of hydrogen-bond acceptors (Lipinski definition) is 2. The SMILES string of the molecule is O=C(Cc1c(C(=O)O)[nH]c2ccc(Cl)cc12)Nc1cccc(C(F)(F)F)c1. The Morgan fingerprint density at radius 1 is 1.15 bits per heavy atom. The molecule has 0 aliphatic carbocycles. The van der Waals surface area contributed by atoms with E-state index >= 15 is 0 Å². The summed E-state index contributed by atoms with van der Waals surface area (Å²) in [6, 6.07) is 8.86. The van der Waals surface area contributed by atoms with E-state index in [0.29, 0.717) is 15.9 Å². The zero-order valence-corrected chi connectivity index (χ0v) is 14.3. The fraction of sp³-hybridized carbons (Fsp3) is 0.111. The predicted octanol–water partition coefficient (Wildman–Crippen LogP) is 4.72. The van der Waals surface area contributed by atoms with Gasteiger partial charge in [0, 0.05) is 27.2 Å². The van der Waals surface area contributed by atoms with Crippen molar-refractivity contribution < 1.29 is 27.9 Å². The maximum atomic E-state index is 12.8. The van der Waals surface area contributed by atoms with Gasteiger partial charge in [0.1, 0.15) is 5.69 Å². The van der Waals surface area contributed by atoms with Gasteiger partial charge in [0.2, 0.25) is 5.91 Å². The second-order valence-corrected chi connectivity index (χ2v) is 6.21. The highest BCUT2D eigenvalue weighted by Gasteiger charge is 2.30. The van der Waals surface area contributed by atoms with Crippen LogP contribution in [0.2, 0.25) is 5.02 Å². The summed E-state index contributed by atoms with van der Waals surface area (Å²) in [7, 11) is 0. The molecule has 9 heteroatoms. The molecule has 0 spiro atoms. The van der Waals surface area contributed by atoms with Gasteiger partial charge in [-0.2, -0.15) is 13.2 Å². The quantitative estimate of drug-likeness (QED) is 0.596. The minimum Gasteiger partial charge on any atom is -0.477 e. The van der Waals surface area contributed by atoms with Crippen LogP contribution in [0.5, 0.6) is 0 Å². The number of benzene rings is 2. The number of amides is 1. The Morgan fingerprint density at radius 3 is 2.56 bits per heavy atom. The van der Waals surface area contributed by atoms with Crippen LogP contribution >= 0.6 is 11.6 Å². The van der Waals surface area contributed by atoms with Gasteiger partial charge in [-0.3, -0.25) is 4.79 Å². The lowest BCUT2D eigenvalue weighted by atomic mass is 10.1. The maximum absolute atomic E-state index is 12.8. The van der Waals surface area contributed by atoms with Crippen molar-refractivity contribution in [2.75, 3.05) is 5.32 Å². The third-order valence-corrected chi connectivity index (χ3v) is 4.13. The molecule has 3 rings (SSSR count). The molecule has 0 radical (unpaired) electrons. The number of fused-ring (bicyclic) bond motifs is 1. The highest BCUT2D eigenvalue weighted by molar-refractivity contribution is 6.31. The highest BCUT2D eigenvalue weighted by atomic mass is 35.5. The molecule has 0 saturated heterocycles. The zero-order chi connectivity index (χ0) is 19.8. The van der Waals surface area contributed by atoms with Crippen LogP contribution in [0.25, 0.3) is 10.9 Å². The number of carboxylic acid groups (broad SMARTS) is 1. The number of anilines is 1. The van der Waals surface area contributed by atoms with E-state index in [9.17, 15) is 27.9 Å². The standard InChI is InChI=1S/C18H12ClF3N2O3/c19-10-4-5-14-12(7-10)13(16(24-14)17(26)27)8-15(25)23-11-3-1-2-9(6-11)18(20,21)22/h1-7,24H,8H2,(H,23,25)(H,26,27). The number of alkyl halides is 3. The Kier molecular flexibility index (Phi) is 4.84. The average Bonchev–Trinajstić information content (AvgIpc) is 2.92. The van der Waals surface area contributed by atoms with Crippen LogP contribution in [0.1, 0.15) is 21.6 Å². The molecule has 0 aliphatic heterocycles. The zero-order valence-electron chi connectivity index (χ0n) is 13.5. The van der Waals surface area contributed by atoms with Crippen LogP contribution in [0.3, 0.4) is 0 Å². The summed E-state index contributed by atoms with van der Waals surface area (Å²) in [5, 5.41) is 12.5. The van der Waals surface area contributed by atoms with Crippen LogP contribution in [0, 0.1) is 0 Å². The fourth-order valence-electron chi connectivity index (χ4n) is 2.73. The molecule has 0 saturated carbocycles.